The molecule has 13 heavy (non-hydrogen) atoms. The lowest BCUT2D eigenvalue weighted by Gasteiger charge is -2.36. The minimum Gasteiger partial charge on any atom is -0.315 e. The number of hydrogen-bond acceptors (Lipinski definition) is 2. The van der Waals surface area contributed by atoms with Crippen molar-refractivity contribution < 1.29 is 0 Å². The van der Waals surface area contributed by atoms with Gasteiger partial charge in [0.15, 0.2) is 0 Å². The van der Waals surface area contributed by atoms with E-state index in [2.05, 4.69) is 31.0 Å². The van der Waals surface area contributed by atoms with Crippen molar-refractivity contribution in [3.63, 3.8) is 0 Å². The smallest absolute Gasteiger partial charge is 0.0277 e. The monoisotopic (exact) mass is 184 g/mol. The van der Waals surface area contributed by atoms with E-state index in [0.29, 0.717) is 5.54 Å². The van der Waals surface area contributed by atoms with Crippen LogP contribution in [0.2, 0.25) is 0 Å². The van der Waals surface area contributed by atoms with E-state index >= 15 is 0 Å². The van der Waals surface area contributed by atoms with Crippen LogP contribution < -0.4 is 5.32 Å². The molecule has 0 bridgehead atoms. The standard InChI is InChI=1S/C11H24N2/c1-4-5-8-13-9-6-7-12-10-11(13,2)3/h12H,4-10H2,1-3H3. The molecule has 0 saturated carbocycles. The summed E-state index contributed by atoms with van der Waals surface area (Å²) in [5.41, 5.74) is 0.353. The quantitative estimate of drug-likeness (QED) is 0.720. The molecule has 1 aliphatic rings. The first-order chi connectivity index (χ1) is 6.17. The molecule has 0 radical (unpaired) electrons. The van der Waals surface area contributed by atoms with E-state index in [1.807, 2.05) is 0 Å². The summed E-state index contributed by atoms with van der Waals surface area (Å²) in [7, 11) is 0. The van der Waals surface area contributed by atoms with Gasteiger partial charge in [-0.15, -0.1) is 0 Å². The molecule has 2 nitrogen and oxygen atoms in total. The molecule has 0 unspecified atom stereocenters. The van der Waals surface area contributed by atoms with Crippen LogP contribution in [0.5, 0.6) is 0 Å². The minimum absolute atomic E-state index is 0.353. The van der Waals surface area contributed by atoms with Crippen LogP contribution in [0.4, 0.5) is 0 Å². The molecule has 0 aromatic rings. The van der Waals surface area contributed by atoms with Crippen molar-refractivity contribution in [2.75, 3.05) is 26.2 Å². The zero-order chi connectivity index (χ0) is 9.73. The van der Waals surface area contributed by atoms with E-state index in [-0.39, 0.29) is 0 Å². The molecule has 0 spiro atoms. The summed E-state index contributed by atoms with van der Waals surface area (Å²) in [6, 6.07) is 0. The summed E-state index contributed by atoms with van der Waals surface area (Å²) in [6.45, 7) is 11.8. The van der Waals surface area contributed by atoms with Gasteiger partial charge in [-0.25, -0.2) is 0 Å². The van der Waals surface area contributed by atoms with Gasteiger partial charge in [-0.3, -0.25) is 4.90 Å². The number of hydrogen-bond donors (Lipinski definition) is 1. The molecular weight excluding hydrogens is 160 g/mol. The molecule has 0 aliphatic carbocycles. The maximum atomic E-state index is 3.50. The highest BCUT2D eigenvalue weighted by molar-refractivity contribution is 4.86. The third kappa shape index (κ3) is 3.28. The second-order valence-electron chi connectivity index (χ2n) is 4.68. The Balaban J connectivity index is 2.45. The molecule has 0 aromatic carbocycles. The van der Waals surface area contributed by atoms with Gasteiger partial charge in [0.1, 0.15) is 0 Å². The van der Waals surface area contributed by atoms with Crippen molar-refractivity contribution in [3.05, 3.63) is 0 Å². The molecular formula is C11H24N2. The third-order valence-corrected chi connectivity index (χ3v) is 2.98. The van der Waals surface area contributed by atoms with Gasteiger partial charge >= 0.3 is 0 Å². The lowest BCUT2D eigenvalue weighted by Crippen LogP contribution is -2.48. The van der Waals surface area contributed by atoms with Gasteiger partial charge in [-0.1, -0.05) is 13.3 Å². The average molecular weight is 184 g/mol. The Morgan fingerprint density at radius 1 is 1.38 bits per heavy atom. The maximum absolute atomic E-state index is 3.50. The maximum Gasteiger partial charge on any atom is 0.0277 e. The summed E-state index contributed by atoms with van der Waals surface area (Å²) in [5, 5.41) is 3.50. The second-order valence-corrected chi connectivity index (χ2v) is 4.68. The molecule has 78 valence electrons. The lowest BCUT2D eigenvalue weighted by atomic mass is 10.0. The highest BCUT2D eigenvalue weighted by Crippen LogP contribution is 2.16. The van der Waals surface area contributed by atoms with Crippen molar-refractivity contribution in [3.8, 4) is 0 Å². The molecule has 1 heterocycles. The second kappa shape index (κ2) is 4.97. The Labute approximate surface area is 82.7 Å². The molecule has 1 fully saturated rings. The van der Waals surface area contributed by atoms with Crippen LogP contribution >= 0.6 is 0 Å². The Morgan fingerprint density at radius 2 is 2.15 bits per heavy atom. The van der Waals surface area contributed by atoms with Gasteiger partial charge in [0.25, 0.3) is 0 Å². The van der Waals surface area contributed by atoms with Crippen LogP contribution in [0.1, 0.15) is 40.0 Å². The number of nitrogens with one attached hydrogen (secondary N) is 1. The molecule has 2 heteroatoms. The topological polar surface area (TPSA) is 15.3 Å². The Morgan fingerprint density at radius 3 is 2.85 bits per heavy atom. The van der Waals surface area contributed by atoms with Crippen LogP contribution in [0.25, 0.3) is 0 Å². The number of rotatable bonds is 3. The SMILES string of the molecule is CCCCN1CCCNCC1(C)C. The Bertz CT molecular complexity index is 143. The summed E-state index contributed by atoms with van der Waals surface area (Å²) < 4.78 is 0. The first-order valence-corrected chi connectivity index (χ1v) is 5.62. The molecule has 1 N–H and O–H groups in total. The van der Waals surface area contributed by atoms with Crippen LogP contribution in [0.15, 0.2) is 0 Å². The van der Waals surface area contributed by atoms with Crippen molar-refractivity contribution in [1.82, 2.24) is 10.2 Å². The van der Waals surface area contributed by atoms with Crippen molar-refractivity contribution in [2.24, 2.45) is 0 Å². The van der Waals surface area contributed by atoms with Crippen LogP contribution in [-0.4, -0.2) is 36.6 Å². The van der Waals surface area contributed by atoms with E-state index in [9.17, 15) is 0 Å². The van der Waals surface area contributed by atoms with E-state index in [1.54, 1.807) is 0 Å². The molecule has 0 amide bonds. The minimum atomic E-state index is 0.353. The molecule has 0 aromatic heterocycles. The van der Waals surface area contributed by atoms with Crippen molar-refractivity contribution >= 4 is 0 Å². The fourth-order valence-electron chi connectivity index (χ4n) is 1.97. The number of nitrogens with zero attached hydrogens (tertiary/aromatic N) is 1. The lowest BCUT2D eigenvalue weighted by molar-refractivity contribution is 0.131. The molecule has 1 aliphatic heterocycles. The summed E-state index contributed by atoms with van der Waals surface area (Å²) in [6.07, 6.45) is 3.94. The van der Waals surface area contributed by atoms with Crippen molar-refractivity contribution in [2.45, 2.75) is 45.6 Å². The zero-order valence-electron chi connectivity index (χ0n) is 9.40. The van der Waals surface area contributed by atoms with Crippen molar-refractivity contribution in [1.29, 1.82) is 0 Å². The molecule has 1 rings (SSSR count). The summed E-state index contributed by atoms with van der Waals surface area (Å²) in [5.74, 6) is 0. The molecule has 0 atom stereocenters. The predicted molar refractivity (Wildman–Crippen MR) is 58.0 cm³/mol. The van der Waals surface area contributed by atoms with Gasteiger partial charge in [-0.2, -0.15) is 0 Å². The van der Waals surface area contributed by atoms with E-state index < -0.39 is 0 Å². The fraction of sp³-hybridized carbons (Fsp3) is 1.00. The van der Waals surface area contributed by atoms with Gasteiger partial charge in [0.05, 0.1) is 0 Å². The fourth-order valence-corrected chi connectivity index (χ4v) is 1.97. The van der Waals surface area contributed by atoms with Gasteiger partial charge in [0.2, 0.25) is 0 Å². The van der Waals surface area contributed by atoms with E-state index in [0.717, 1.165) is 6.54 Å². The highest BCUT2D eigenvalue weighted by atomic mass is 15.2. The first kappa shape index (κ1) is 11.0. The normalized spacial score (nSPS) is 24.2. The van der Waals surface area contributed by atoms with Gasteiger partial charge in [-0.05, 0) is 46.3 Å². The van der Waals surface area contributed by atoms with Crippen LogP contribution in [-0.2, 0) is 0 Å². The van der Waals surface area contributed by atoms with Gasteiger partial charge < -0.3 is 5.32 Å². The summed E-state index contributed by atoms with van der Waals surface area (Å²) in [4.78, 5) is 2.64. The highest BCUT2D eigenvalue weighted by Gasteiger charge is 2.27. The third-order valence-electron chi connectivity index (χ3n) is 2.98. The molecule has 1 saturated heterocycles. The largest absolute Gasteiger partial charge is 0.315 e. The Kier molecular flexibility index (Phi) is 4.20. The number of unbranched alkanes of at least 4 members (excludes halogenated alkanes) is 1. The van der Waals surface area contributed by atoms with Crippen LogP contribution in [0, 0.1) is 0 Å². The summed E-state index contributed by atoms with van der Waals surface area (Å²) >= 11 is 0. The van der Waals surface area contributed by atoms with E-state index in [4.69, 9.17) is 0 Å². The van der Waals surface area contributed by atoms with E-state index in [1.165, 1.54) is 38.9 Å². The Hall–Kier alpha value is -0.0800. The predicted octanol–water partition coefficient (Wildman–Crippen LogP) is 1.86. The van der Waals surface area contributed by atoms with Gasteiger partial charge in [0, 0.05) is 12.1 Å². The van der Waals surface area contributed by atoms with Crippen LogP contribution in [0.3, 0.4) is 0 Å². The zero-order valence-corrected chi connectivity index (χ0v) is 9.40. The first-order valence-electron chi connectivity index (χ1n) is 5.62. The average Bonchev–Trinajstić information content (AvgIpc) is 2.23.